The number of nitrogens with one attached hydrogen (secondary N) is 1. The molecule has 1 aromatic carbocycles. The van der Waals surface area contributed by atoms with Gasteiger partial charge in [0.15, 0.2) is 0 Å². The molecule has 5 rings (SSSR count). The summed E-state index contributed by atoms with van der Waals surface area (Å²) in [7, 11) is 1.74. The van der Waals surface area contributed by atoms with E-state index in [1.165, 1.54) is 43.4 Å². The Bertz CT molecular complexity index is 482. The van der Waals surface area contributed by atoms with Gasteiger partial charge in [0.2, 0.25) is 0 Å². The van der Waals surface area contributed by atoms with Crippen molar-refractivity contribution in [3.63, 3.8) is 0 Å². The first kappa shape index (κ1) is 12.6. The standard InChI is InChI=1S/C18H25NO/c1-11-5-16(3-4-17(11)20-2)19-18-14-7-12-6-13(9-14)10-15(18)8-12/h3-5,12-15,18-19H,6-10H2,1-2H3. The largest absolute Gasteiger partial charge is 0.496 e. The van der Waals surface area contributed by atoms with Gasteiger partial charge >= 0.3 is 0 Å². The molecule has 0 aliphatic heterocycles. The number of benzene rings is 1. The summed E-state index contributed by atoms with van der Waals surface area (Å²) in [6.07, 6.45) is 7.42. The lowest BCUT2D eigenvalue weighted by Gasteiger charge is -2.54. The second kappa shape index (κ2) is 4.68. The number of anilines is 1. The molecule has 0 amide bonds. The maximum absolute atomic E-state index is 5.36. The number of aryl methyl sites for hydroxylation is 1. The highest BCUT2D eigenvalue weighted by Crippen LogP contribution is 2.54. The molecule has 0 aromatic heterocycles. The molecule has 108 valence electrons. The van der Waals surface area contributed by atoms with Crippen LogP contribution >= 0.6 is 0 Å². The molecule has 0 heterocycles. The fourth-order valence-electron chi connectivity index (χ4n) is 5.32. The minimum Gasteiger partial charge on any atom is -0.496 e. The van der Waals surface area contributed by atoms with Gasteiger partial charge in [-0.15, -0.1) is 0 Å². The van der Waals surface area contributed by atoms with E-state index in [4.69, 9.17) is 4.74 Å². The summed E-state index contributed by atoms with van der Waals surface area (Å²) in [5, 5.41) is 3.86. The average Bonchev–Trinajstić information content (AvgIpc) is 2.42. The Kier molecular flexibility index (Phi) is 2.94. The summed E-state index contributed by atoms with van der Waals surface area (Å²) in [4.78, 5) is 0. The third kappa shape index (κ3) is 2.01. The fourth-order valence-corrected chi connectivity index (χ4v) is 5.32. The minimum atomic E-state index is 0.718. The number of hydrogen-bond acceptors (Lipinski definition) is 2. The molecule has 0 unspecified atom stereocenters. The zero-order valence-corrected chi connectivity index (χ0v) is 12.6. The number of ether oxygens (including phenoxy) is 1. The van der Waals surface area contributed by atoms with Gasteiger partial charge in [0.1, 0.15) is 5.75 Å². The molecule has 2 nitrogen and oxygen atoms in total. The van der Waals surface area contributed by atoms with Crippen molar-refractivity contribution >= 4 is 5.69 Å². The van der Waals surface area contributed by atoms with Crippen LogP contribution in [0.3, 0.4) is 0 Å². The van der Waals surface area contributed by atoms with Gasteiger partial charge in [0.25, 0.3) is 0 Å². The van der Waals surface area contributed by atoms with Crippen molar-refractivity contribution in [3.05, 3.63) is 23.8 Å². The highest BCUT2D eigenvalue weighted by molar-refractivity contribution is 5.51. The quantitative estimate of drug-likeness (QED) is 0.888. The zero-order chi connectivity index (χ0) is 13.7. The van der Waals surface area contributed by atoms with Crippen molar-refractivity contribution in [3.8, 4) is 5.75 Å². The number of methoxy groups -OCH3 is 1. The highest BCUT2D eigenvalue weighted by Gasteiger charge is 2.48. The van der Waals surface area contributed by atoms with Crippen LogP contribution in [0.2, 0.25) is 0 Å². The van der Waals surface area contributed by atoms with E-state index in [1.54, 1.807) is 7.11 Å². The smallest absolute Gasteiger partial charge is 0.121 e. The second-order valence-electron chi connectivity index (χ2n) is 7.29. The number of rotatable bonds is 3. The molecule has 4 aliphatic carbocycles. The normalized spacial score (nSPS) is 38.0. The van der Waals surface area contributed by atoms with Crippen molar-refractivity contribution in [2.45, 2.75) is 45.1 Å². The van der Waals surface area contributed by atoms with E-state index < -0.39 is 0 Å². The van der Waals surface area contributed by atoms with Crippen LogP contribution < -0.4 is 10.1 Å². The maximum Gasteiger partial charge on any atom is 0.121 e. The van der Waals surface area contributed by atoms with Crippen LogP contribution in [0.4, 0.5) is 5.69 Å². The molecule has 20 heavy (non-hydrogen) atoms. The summed E-state index contributed by atoms with van der Waals surface area (Å²) in [6.45, 7) is 2.13. The number of hydrogen-bond donors (Lipinski definition) is 1. The average molecular weight is 271 g/mol. The predicted molar refractivity (Wildman–Crippen MR) is 82.2 cm³/mol. The van der Waals surface area contributed by atoms with Crippen LogP contribution in [0.25, 0.3) is 0 Å². The third-order valence-electron chi connectivity index (χ3n) is 5.95. The lowest BCUT2D eigenvalue weighted by atomic mass is 9.54. The minimum absolute atomic E-state index is 0.718. The first-order chi connectivity index (χ1) is 9.72. The van der Waals surface area contributed by atoms with E-state index in [0.717, 1.165) is 35.5 Å². The van der Waals surface area contributed by atoms with Crippen molar-refractivity contribution in [2.24, 2.45) is 23.7 Å². The summed E-state index contributed by atoms with van der Waals surface area (Å²) in [5.41, 5.74) is 2.50. The van der Waals surface area contributed by atoms with E-state index in [0.29, 0.717) is 0 Å². The predicted octanol–water partition coefficient (Wildman–Crippen LogP) is 4.24. The Morgan fingerprint density at radius 1 is 1.00 bits per heavy atom. The lowest BCUT2D eigenvalue weighted by molar-refractivity contribution is 0.00754. The van der Waals surface area contributed by atoms with Gasteiger partial charge in [-0.05, 0) is 86.5 Å². The molecule has 4 aliphatic rings. The molecular formula is C18H25NO. The van der Waals surface area contributed by atoms with Crippen molar-refractivity contribution in [1.29, 1.82) is 0 Å². The third-order valence-corrected chi connectivity index (χ3v) is 5.95. The van der Waals surface area contributed by atoms with Crippen molar-refractivity contribution in [1.82, 2.24) is 0 Å². The summed E-state index contributed by atoms with van der Waals surface area (Å²) in [5.74, 6) is 4.93. The van der Waals surface area contributed by atoms with E-state index in [2.05, 4.69) is 30.4 Å². The molecular weight excluding hydrogens is 246 g/mol. The fraction of sp³-hybridized carbons (Fsp3) is 0.667. The van der Waals surface area contributed by atoms with Crippen LogP contribution in [0.5, 0.6) is 5.75 Å². The monoisotopic (exact) mass is 271 g/mol. The maximum atomic E-state index is 5.36. The first-order valence-electron chi connectivity index (χ1n) is 8.14. The molecule has 0 atom stereocenters. The van der Waals surface area contributed by atoms with Gasteiger partial charge in [0.05, 0.1) is 7.11 Å². The Labute approximate surface area is 121 Å². The van der Waals surface area contributed by atoms with Crippen LogP contribution in [-0.4, -0.2) is 13.2 Å². The molecule has 4 saturated carbocycles. The summed E-state index contributed by atoms with van der Waals surface area (Å²) >= 11 is 0. The van der Waals surface area contributed by atoms with E-state index in [9.17, 15) is 0 Å². The van der Waals surface area contributed by atoms with Crippen LogP contribution in [0.15, 0.2) is 18.2 Å². The van der Waals surface area contributed by atoms with Gasteiger partial charge in [0, 0.05) is 11.7 Å². The van der Waals surface area contributed by atoms with Crippen LogP contribution in [0.1, 0.15) is 37.7 Å². The SMILES string of the molecule is COc1ccc(NC2C3CC4CC(C3)CC2C4)cc1C. The van der Waals surface area contributed by atoms with Gasteiger partial charge < -0.3 is 10.1 Å². The molecule has 1 aromatic rings. The molecule has 4 fully saturated rings. The summed E-state index contributed by atoms with van der Waals surface area (Å²) in [6, 6.07) is 7.23. The first-order valence-corrected chi connectivity index (χ1v) is 8.14. The molecule has 0 spiro atoms. The highest BCUT2D eigenvalue weighted by atomic mass is 16.5. The molecule has 4 bridgehead atoms. The van der Waals surface area contributed by atoms with Crippen molar-refractivity contribution in [2.75, 3.05) is 12.4 Å². The van der Waals surface area contributed by atoms with E-state index >= 15 is 0 Å². The van der Waals surface area contributed by atoms with E-state index in [-0.39, 0.29) is 0 Å². The van der Waals surface area contributed by atoms with E-state index in [1.807, 2.05) is 0 Å². The zero-order valence-electron chi connectivity index (χ0n) is 12.6. The topological polar surface area (TPSA) is 21.3 Å². The van der Waals surface area contributed by atoms with Gasteiger partial charge in [-0.1, -0.05) is 0 Å². The van der Waals surface area contributed by atoms with Crippen LogP contribution in [0, 0.1) is 30.6 Å². The second-order valence-corrected chi connectivity index (χ2v) is 7.29. The van der Waals surface area contributed by atoms with Crippen LogP contribution in [-0.2, 0) is 0 Å². The lowest BCUT2D eigenvalue weighted by Crippen LogP contribution is -2.51. The van der Waals surface area contributed by atoms with Gasteiger partial charge in [-0.2, -0.15) is 0 Å². The Morgan fingerprint density at radius 2 is 1.65 bits per heavy atom. The Hall–Kier alpha value is -1.18. The van der Waals surface area contributed by atoms with Gasteiger partial charge in [-0.25, -0.2) is 0 Å². The molecule has 1 N–H and O–H groups in total. The molecule has 2 heteroatoms. The Morgan fingerprint density at radius 3 is 2.20 bits per heavy atom. The molecule has 0 radical (unpaired) electrons. The molecule has 0 saturated heterocycles. The van der Waals surface area contributed by atoms with Gasteiger partial charge in [-0.3, -0.25) is 0 Å². The van der Waals surface area contributed by atoms with Crippen molar-refractivity contribution < 1.29 is 4.74 Å². The summed E-state index contributed by atoms with van der Waals surface area (Å²) < 4.78 is 5.36. The Balaban J connectivity index is 1.53.